The highest BCUT2D eigenvalue weighted by Gasteiger charge is 2.01. The third-order valence-electron chi connectivity index (χ3n) is 2.64. The number of nitrogen functional groups attached to an aromatic ring is 1. The van der Waals surface area contributed by atoms with Gasteiger partial charge in [0.2, 0.25) is 0 Å². The molecule has 0 aliphatic carbocycles. The Kier molecular flexibility index (Phi) is 7.29. The fourth-order valence-corrected chi connectivity index (χ4v) is 2.31. The van der Waals surface area contributed by atoms with Crippen LogP contribution in [0.25, 0.3) is 0 Å². The average Bonchev–Trinajstić information content (AvgIpc) is 2.33. The quantitative estimate of drug-likeness (QED) is 0.549. The summed E-state index contributed by atoms with van der Waals surface area (Å²) in [6.45, 7) is 0.962. The number of nitrogens with two attached hydrogens (primary N) is 1. The molecule has 0 aliphatic heterocycles. The lowest BCUT2D eigenvalue weighted by Gasteiger charge is -2.10. The number of unbranched alkanes of at least 4 members (excludes halogenated alkanes) is 3. The number of hydrogen-bond donors (Lipinski definition) is 2. The van der Waals surface area contributed by atoms with Crippen molar-refractivity contribution in [2.45, 2.75) is 25.7 Å². The van der Waals surface area contributed by atoms with Crippen LogP contribution in [0.4, 0.5) is 11.4 Å². The first kappa shape index (κ1) is 14.5. The van der Waals surface area contributed by atoms with E-state index in [0.29, 0.717) is 10.7 Å². The second kappa shape index (κ2) is 8.54. The monoisotopic (exact) mass is 272 g/mol. The van der Waals surface area contributed by atoms with Crippen molar-refractivity contribution in [1.29, 1.82) is 0 Å². The van der Waals surface area contributed by atoms with E-state index in [0.717, 1.165) is 12.2 Å². The molecular formula is C13H21ClN2S. The van der Waals surface area contributed by atoms with Crippen LogP contribution in [-0.4, -0.2) is 18.6 Å². The maximum absolute atomic E-state index is 5.94. The molecule has 1 rings (SSSR count). The van der Waals surface area contributed by atoms with Gasteiger partial charge in [-0.3, -0.25) is 0 Å². The van der Waals surface area contributed by atoms with Crippen molar-refractivity contribution in [1.82, 2.24) is 0 Å². The summed E-state index contributed by atoms with van der Waals surface area (Å²) in [7, 11) is 0. The Morgan fingerprint density at radius 2 is 2.00 bits per heavy atom. The topological polar surface area (TPSA) is 38.0 Å². The van der Waals surface area contributed by atoms with Crippen molar-refractivity contribution in [2.24, 2.45) is 0 Å². The molecule has 3 N–H and O–H groups in total. The molecule has 0 aliphatic rings. The van der Waals surface area contributed by atoms with Crippen LogP contribution in [0, 0.1) is 0 Å². The van der Waals surface area contributed by atoms with Gasteiger partial charge in [-0.15, -0.1) is 0 Å². The highest BCUT2D eigenvalue weighted by molar-refractivity contribution is 7.98. The first-order valence-electron chi connectivity index (χ1n) is 6.02. The largest absolute Gasteiger partial charge is 0.396 e. The van der Waals surface area contributed by atoms with E-state index in [9.17, 15) is 0 Å². The summed E-state index contributed by atoms with van der Waals surface area (Å²) in [5.41, 5.74) is 7.46. The van der Waals surface area contributed by atoms with Crippen LogP contribution in [0.3, 0.4) is 0 Å². The summed E-state index contributed by atoms with van der Waals surface area (Å²) in [4.78, 5) is 0. The van der Waals surface area contributed by atoms with Crippen LogP contribution < -0.4 is 11.1 Å². The molecule has 0 aromatic heterocycles. The molecule has 1 aromatic carbocycles. The van der Waals surface area contributed by atoms with Crippen molar-refractivity contribution in [2.75, 3.05) is 29.6 Å². The van der Waals surface area contributed by atoms with Crippen LogP contribution in [-0.2, 0) is 0 Å². The van der Waals surface area contributed by atoms with Crippen molar-refractivity contribution in [3.05, 3.63) is 23.2 Å². The van der Waals surface area contributed by atoms with Crippen molar-refractivity contribution >= 4 is 34.7 Å². The van der Waals surface area contributed by atoms with E-state index in [2.05, 4.69) is 11.6 Å². The van der Waals surface area contributed by atoms with Crippen molar-refractivity contribution in [3.63, 3.8) is 0 Å². The number of anilines is 2. The lowest BCUT2D eigenvalue weighted by atomic mass is 10.2. The molecule has 0 unspecified atom stereocenters. The molecule has 0 atom stereocenters. The number of nitrogens with one attached hydrogen (secondary N) is 1. The second-order valence-electron chi connectivity index (χ2n) is 4.03. The Bertz CT molecular complexity index is 331. The lowest BCUT2D eigenvalue weighted by Crippen LogP contribution is -2.04. The third-order valence-corrected chi connectivity index (χ3v) is 3.67. The van der Waals surface area contributed by atoms with Crippen LogP contribution >= 0.6 is 23.4 Å². The van der Waals surface area contributed by atoms with Gasteiger partial charge >= 0.3 is 0 Å². The standard InChI is InChI=1S/C13H21ClN2S/c1-17-10-5-3-2-4-9-16-12-8-6-7-11(14)13(12)15/h6-8,16H,2-5,9-10,15H2,1H3. The molecule has 1 aromatic rings. The average molecular weight is 273 g/mol. The fourth-order valence-electron chi connectivity index (χ4n) is 1.64. The number of hydrogen-bond acceptors (Lipinski definition) is 3. The minimum atomic E-state index is 0.620. The summed E-state index contributed by atoms with van der Waals surface area (Å²) >= 11 is 7.86. The number of thioether (sulfide) groups is 1. The molecule has 0 saturated heterocycles. The zero-order chi connectivity index (χ0) is 12.5. The molecule has 0 fully saturated rings. The van der Waals surface area contributed by atoms with E-state index < -0.39 is 0 Å². The Morgan fingerprint density at radius 3 is 2.76 bits per heavy atom. The molecule has 0 saturated carbocycles. The Hall–Kier alpha value is -0.540. The van der Waals surface area contributed by atoms with E-state index >= 15 is 0 Å². The molecule has 2 nitrogen and oxygen atoms in total. The highest BCUT2D eigenvalue weighted by atomic mass is 35.5. The fraction of sp³-hybridized carbons (Fsp3) is 0.538. The van der Waals surface area contributed by atoms with E-state index in [1.54, 1.807) is 0 Å². The molecule has 0 bridgehead atoms. The van der Waals surface area contributed by atoms with Crippen LogP contribution in [0.15, 0.2) is 18.2 Å². The van der Waals surface area contributed by atoms with E-state index in [1.807, 2.05) is 30.0 Å². The Morgan fingerprint density at radius 1 is 1.24 bits per heavy atom. The zero-order valence-electron chi connectivity index (χ0n) is 10.3. The molecule has 0 spiro atoms. The maximum atomic E-state index is 5.94. The third kappa shape index (κ3) is 5.55. The summed E-state index contributed by atoms with van der Waals surface area (Å²) in [6.07, 6.45) is 7.24. The molecule has 17 heavy (non-hydrogen) atoms. The summed E-state index contributed by atoms with van der Waals surface area (Å²) in [6, 6.07) is 5.69. The number of halogens is 1. The smallest absolute Gasteiger partial charge is 0.0739 e. The lowest BCUT2D eigenvalue weighted by molar-refractivity contribution is 0.689. The van der Waals surface area contributed by atoms with Gasteiger partial charge in [0.15, 0.2) is 0 Å². The summed E-state index contributed by atoms with van der Waals surface area (Å²) in [5, 5.41) is 3.95. The van der Waals surface area contributed by atoms with Gasteiger partial charge in [0.25, 0.3) is 0 Å². The summed E-state index contributed by atoms with van der Waals surface area (Å²) in [5.74, 6) is 1.27. The van der Waals surface area contributed by atoms with Crippen molar-refractivity contribution < 1.29 is 0 Å². The number of rotatable bonds is 8. The Labute approximate surface area is 113 Å². The first-order chi connectivity index (χ1) is 8.25. The van der Waals surface area contributed by atoms with Gasteiger partial charge in [-0.25, -0.2) is 0 Å². The molecule has 0 amide bonds. The first-order valence-corrected chi connectivity index (χ1v) is 7.79. The number of para-hydroxylation sites is 1. The van der Waals surface area contributed by atoms with Crippen LogP contribution in [0.2, 0.25) is 5.02 Å². The molecule has 4 heteroatoms. The summed E-state index contributed by atoms with van der Waals surface area (Å²) < 4.78 is 0. The SMILES string of the molecule is CSCCCCCCNc1cccc(Cl)c1N. The van der Waals surface area contributed by atoms with Gasteiger partial charge in [0.1, 0.15) is 0 Å². The second-order valence-corrected chi connectivity index (χ2v) is 5.43. The molecule has 0 radical (unpaired) electrons. The maximum Gasteiger partial charge on any atom is 0.0739 e. The van der Waals surface area contributed by atoms with Crippen molar-refractivity contribution in [3.8, 4) is 0 Å². The van der Waals surface area contributed by atoms with E-state index in [1.165, 1.54) is 31.4 Å². The van der Waals surface area contributed by atoms with Crippen LogP contribution in [0.1, 0.15) is 25.7 Å². The predicted molar refractivity (Wildman–Crippen MR) is 81.2 cm³/mol. The van der Waals surface area contributed by atoms with Gasteiger partial charge in [0.05, 0.1) is 16.4 Å². The van der Waals surface area contributed by atoms with E-state index in [-0.39, 0.29) is 0 Å². The van der Waals surface area contributed by atoms with Gasteiger partial charge in [0, 0.05) is 6.54 Å². The molecule has 0 heterocycles. The van der Waals surface area contributed by atoms with Gasteiger partial charge in [-0.05, 0) is 37.0 Å². The molecular weight excluding hydrogens is 252 g/mol. The minimum absolute atomic E-state index is 0.620. The van der Waals surface area contributed by atoms with Gasteiger partial charge in [-0.2, -0.15) is 11.8 Å². The van der Waals surface area contributed by atoms with Gasteiger partial charge in [-0.1, -0.05) is 30.5 Å². The normalized spacial score (nSPS) is 10.5. The van der Waals surface area contributed by atoms with Gasteiger partial charge < -0.3 is 11.1 Å². The number of benzene rings is 1. The molecule has 96 valence electrons. The zero-order valence-corrected chi connectivity index (χ0v) is 11.9. The highest BCUT2D eigenvalue weighted by Crippen LogP contribution is 2.26. The van der Waals surface area contributed by atoms with Crippen LogP contribution in [0.5, 0.6) is 0 Å². The minimum Gasteiger partial charge on any atom is -0.396 e. The predicted octanol–water partition coefficient (Wildman–Crippen LogP) is 4.26. The van der Waals surface area contributed by atoms with E-state index in [4.69, 9.17) is 17.3 Å². The Balaban J connectivity index is 2.16.